The van der Waals surface area contributed by atoms with E-state index in [0.717, 1.165) is 23.1 Å². The molecule has 0 amide bonds. The number of nitro groups is 1. The molecule has 0 aliphatic rings. The average molecular weight is 205 g/mol. The zero-order chi connectivity index (χ0) is 11.0. The maximum absolute atomic E-state index is 10.6. The van der Waals surface area contributed by atoms with Crippen LogP contribution in [-0.2, 0) is 6.54 Å². The minimum Gasteiger partial charge on any atom is -0.265 e. The topological polar surface area (TPSA) is 61.0 Å². The number of aromatic nitrogens is 2. The molecule has 78 valence electrons. The second-order valence-corrected chi connectivity index (χ2v) is 3.36. The number of non-ortho nitro benzene ring substituents is 1. The Hall–Kier alpha value is -1.91. The Morgan fingerprint density at radius 2 is 2.27 bits per heavy atom. The minimum atomic E-state index is -0.387. The zero-order valence-electron chi connectivity index (χ0n) is 8.60. The highest BCUT2D eigenvalue weighted by atomic mass is 16.6. The van der Waals surface area contributed by atoms with E-state index in [-0.39, 0.29) is 10.6 Å². The molecule has 2 rings (SSSR count). The Morgan fingerprint density at radius 1 is 1.53 bits per heavy atom. The second kappa shape index (κ2) is 3.34. The van der Waals surface area contributed by atoms with Gasteiger partial charge in [0.15, 0.2) is 0 Å². The van der Waals surface area contributed by atoms with Crippen LogP contribution in [0.4, 0.5) is 5.69 Å². The van der Waals surface area contributed by atoms with Gasteiger partial charge in [-0.1, -0.05) is 0 Å². The lowest BCUT2D eigenvalue weighted by Crippen LogP contribution is -1.95. The standard InChI is InChI=1S/C10H11N3O2/c1-3-12-10-5-4-8(13(14)15)6-9(10)7(2)11-12/h4-6H,3H2,1-2H3. The van der Waals surface area contributed by atoms with Crippen LogP contribution in [-0.4, -0.2) is 14.7 Å². The second-order valence-electron chi connectivity index (χ2n) is 3.36. The van der Waals surface area contributed by atoms with Crippen molar-refractivity contribution in [1.82, 2.24) is 9.78 Å². The van der Waals surface area contributed by atoms with Gasteiger partial charge in [0.25, 0.3) is 5.69 Å². The van der Waals surface area contributed by atoms with E-state index in [0.29, 0.717) is 0 Å². The van der Waals surface area contributed by atoms with E-state index >= 15 is 0 Å². The predicted octanol–water partition coefficient (Wildman–Crippen LogP) is 2.27. The van der Waals surface area contributed by atoms with Crippen molar-refractivity contribution in [1.29, 1.82) is 0 Å². The van der Waals surface area contributed by atoms with Gasteiger partial charge in [-0.15, -0.1) is 0 Å². The molecule has 1 heterocycles. The monoisotopic (exact) mass is 205 g/mol. The molecule has 1 aromatic carbocycles. The Labute approximate surface area is 86.5 Å². The number of benzene rings is 1. The van der Waals surface area contributed by atoms with Gasteiger partial charge < -0.3 is 0 Å². The van der Waals surface area contributed by atoms with Crippen LogP contribution >= 0.6 is 0 Å². The first-order valence-corrected chi connectivity index (χ1v) is 4.75. The number of fused-ring (bicyclic) bond motifs is 1. The number of nitrogens with zero attached hydrogens (tertiary/aromatic N) is 3. The molecule has 0 aliphatic heterocycles. The molecule has 0 bridgehead atoms. The fourth-order valence-corrected chi connectivity index (χ4v) is 1.68. The Kier molecular flexibility index (Phi) is 2.15. The average Bonchev–Trinajstić information content (AvgIpc) is 2.55. The van der Waals surface area contributed by atoms with Gasteiger partial charge in [0, 0.05) is 24.1 Å². The lowest BCUT2D eigenvalue weighted by atomic mass is 10.2. The van der Waals surface area contributed by atoms with Crippen molar-refractivity contribution >= 4 is 16.6 Å². The summed E-state index contributed by atoms with van der Waals surface area (Å²) in [7, 11) is 0. The molecule has 15 heavy (non-hydrogen) atoms. The molecule has 0 radical (unpaired) electrons. The van der Waals surface area contributed by atoms with Gasteiger partial charge in [-0.3, -0.25) is 14.8 Å². The van der Waals surface area contributed by atoms with Crippen LogP contribution in [0.2, 0.25) is 0 Å². The summed E-state index contributed by atoms with van der Waals surface area (Å²) in [5.74, 6) is 0. The Morgan fingerprint density at radius 3 is 2.87 bits per heavy atom. The molecule has 5 nitrogen and oxygen atoms in total. The van der Waals surface area contributed by atoms with E-state index in [2.05, 4.69) is 5.10 Å². The molecule has 0 N–H and O–H groups in total. The van der Waals surface area contributed by atoms with Crippen molar-refractivity contribution in [2.45, 2.75) is 20.4 Å². The summed E-state index contributed by atoms with van der Waals surface area (Å²) in [5, 5.41) is 15.8. The van der Waals surface area contributed by atoms with Gasteiger partial charge in [0.2, 0.25) is 0 Å². The molecule has 0 saturated heterocycles. The fraction of sp³-hybridized carbons (Fsp3) is 0.300. The van der Waals surface area contributed by atoms with E-state index in [1.54, 1.807) is 12.1 Å². The van der Waals surface area contributed by atoms with Crippen molar-refractivity contribution in [3.63, 3.8) is 0 Å². The number of nitro benzene ring substituents is 1. The maximum atomic E-state index is 10.6. The van der Waals surface area contributed by atoms with E-state index in [9.17, 15) is 10.1 Å². The van der Waals surface area contributed by atoms with Gasteiger partial charge in [-0.05, 0) is 19.9 Å². The van der Waals surface area contributed by atoms with Crippen LogP contribution in [0.1, 0.15) is 12.6 Å². The zero-order valence-corrected chi connectivity index (χ0v) is 8.60. The summed E-state index contributed by atoms with van der Waals surface area (Å²) in [4.78, 5) is 10.2. The molecule has 5 heteroatoms. The molecule has 2 aromatic rings. The first-order chi connectivity index (χ1) is 7.13. The van der Waals surface area contributed by atoms with E-state index < -0.39 is 0 Å². The minimum absolute atomic E-state index is 0.112. The summed E-state index contributed by atoms with van der Waals surface area (Å²) in [5.41, 5.74) is 1.89. The normalized spacial score (nSPS) is 10.8. The van der Waals surface area contributed by atoms with E-state index in [1.807, 2.05) is 18.5 Å². The largest absolute Gasteiger partial charge is 0.270 e. The molecule has 0 saturated carbocycles. The molecule has 0 aliphatic carbocycles. The first-order valence-electron chi connectivity index (χ1n) is 4.75. The van der Waals surface area contributed by atoms with E-state index in [4.69, 9.17) is 0 Å². The van der Waals surface area contributed by atoms with Crippen molar-refractivity contribution in [3.8, 4) is 0 Å². The number of hydrogen-bond donors (Lipinski definition) is 0. The van der Waals surface area contributed by atoms with Gasteiger partial charge in [-0.25, -0.2) is 0 Å². The lowest BCUT2D eigenvalue weighted by Gasteiger charge is -1.97. The summed E-state index contributed by atoms with van der Waals surface area (Å²) >= 11 is 0. The Bertz CT molecular complexity index is 531. The SMILES string of the molecule is CCn1nc(C)c2cc([N+](=O)[O-])ccc21. The highest BCUT2D eigenvalue weighted by Crippen LogP contribution is 2.23. The van der Waals surface area contributed by atoms with Crippen LogP contribution in [0, 0.1) is 17.0 Å². The van der Waals surface area contributed by atoms with E-state index in [1.165, 1.54) is 6.07 Å². The summed E-state index contributed by atoms with van der Waals surface area (Å²) in [6.45, 7) is 4.62. The van der Waals surface area contributed by atoms with Gasteiger partial charge >= 0.3 is 0 Å². The van der Waals surface area contributed by atoms with Crippen LogP contribution in [0.25, 0.3) is 10.9 Å². The third-order valence-corrected chi connectivity index (χ3v) is 2.43. The Balaban J connectivity index is 2.72. The predicted molar refractivity (Wildman–Crippen MR) is 56.8 cm³/mol. The molecular weight excluding hydrogens is 194 g/mol. The highest BCUT2D eigenvalue weighted by Gasteiger charge is 2.11. The van der Waals surface area contributed by atoms with Crippen LogP contribution in [0.3, 0.4) is 0 Å². The summed E-state index contributed by atoms with van der Waals surface area (Å²) in [6.07, 6.45) is 0. The maximum Gasteiger partial charge on any atom is 0.270 e. The summed E-state index contributed by atoms with van der Waals surface area (Å²) in [6, 6.07) is 4.83. The van der Waals surface area contributed by atoms with Crippen molar-refractivity contribution < 1.29 is 4.92 Å². The van der Waals surface area contributed by atoms with Gasteiger partial charge in [0.1, 0.15) is 0 Å². The molecular formula is C10H11N3O2. The highest BCUT2D eigenvalue weighted by molar-refractivity contribution is 5.84. The number of aryl methyl sites for hydroxylation is 2. The quantitative estimate of drug-likeness (QED) is 0.558. The number of hydrogen-bond acceptors (Lipinski definition) is 3. The molecule has 1 aromatic heterocycles. The molecule has 0 spiro atoms. The van der Waals surface area contributed by atoms with Gasteiger partial charge in [-0.2, -0.15) is 5.10 Å². The lowest BCUT2D eigenvalue weighted by molar-refractivity contribution is -0.384. The molecule has 0 fully saturated rings. The van der Waals surface area contributed by atoms with Crippen LogP contribution in [0.5, 0.6) is 0 Å². The van der Waals surface area contributed by atoms with Crippen molar-refractivity contribution in [2.75, 3.05) is 0 Å². The number of rotatable bonds is 2. The summed E-state index contributed by atoms with van der Waals surface area (Å²) < 4.78 is 1.84. The third-order valence-electron chi connectivity index (χ3n) is 2.43. The smallest absolute Gasteiger partial charge is 0.265 e. The first kappa shape index (κ1) is 9.64. The van der Waals surface area contributed by atoms with Crippen LogP contribution in [0.15, 0.2) is 18.2 Å². The van der Waals surface area contributed by atoms with Crippen LogP contribution < -0.4 is 0 Å². The van der Waals surface area contributed by atoms with Crippen molar-refractivity contribution in [3.05, 3.63) is 34.0 Å². The fourth-order valence-electron chi connectivity index (χ4n) is 1.68. The van der Waals surface area contributed by atoms with Crippen molar-refractivity contribution in [2.24, 2.45) is 0 Å². The van der Waals surface area contributed by atoms with Gasteiger partial charge in [0.05, 0.1) is 16.1 Å². The third kappa shape index (κ3) is 1.45. The molecule has 0 unspecified atom stereocenters. The molecule has 0 atom stereocenters.